The minimum absolute atomic E-state index is 0.422. The molecule has 0 saturated carbocycles. The molecular formula is C15H9NO2. The van der Waals surface area contributed by atoms with Gasteiger partial charge in [0, 0.05) is 11.5 Å². The lowest BCUT2D eigenvalue weighted by Crippen LogP contribution is -1.79. The number of furan rings is 1. The van der Waals surface area contributed by atoms with Gasteiger partial charge in [0.05, 0.1) is 11.6 Å². The monoisotopic (exact) mass is 235 g/mol. The summed E-state index contributed by atoms with van der Waals surface area (Å²) >= 11 is 0. The third kappa shape index (κ3) is 1.92. The number of rotatable bonds is 2. The van der Waals surface area contributed by atoms with E-state index in [9.17, 15) is 0 Å². The molecule has 0 radical (unpaired) electrons. The van der Waals surface area contributed by atoms with Crippen LogP contribution in [0, 0.1) is 11.3 Å². The maximum absolute atomic E-state index is 8.83. The normalized spacial score (nSPS) is 10.2. The fourth-order valence-electron chi connectivity index (χ4n) is 1.74. The lowest BCUT2D eigenvalue weighted by molar-refractivity contribution is 0.360. The summed E-state index contributed by atoms with van der Waals surface area (Å²) in [6.07, 6.45) is 0. The maximum Gasteiger partial charge on any atom is 0.290 e. The van der Waals surface area contributed by atoms with E-state index in [1.54, 1.807) is 24.3 Å². The van der Waals surface area contributed by atoms with Gasteiger partial charge in [-0.1, -0.05) is 18.2 Å². The van der Waals surface area contributed by atoms with Crippen LogP contribution >= 0.6 is 0 Å². The molecule has 0 spiro atoms. The molecule has 0 amide bonds. The lowest BCUT2D eigenvalue weighted by atomic mass is 10.2. The molecule has 2 aromatic carbocycles. The van der Waals surface area contributed by atoms with Crippen molar-refractivity contribution in [3.8, 4) is 17.8 Å². The smallest absolute Gasteiger partial charge is 0.290 e. The van der Waals surface area contributed by atoms with Gasteiger partial charge in [0.15, 0.2) is 0 Å². The third-order valence-electron chi connectivity index (χ3n) is 2.58. The molecule has 18 heavy (non-hydrogen) atoms. The summed E-state index contributed by atoms with van der Waals surface area (Å²) in [6.45, 7) is 0. The highest BCUT2D eigenvalue weighted by molar-refractivity contribution is 5.80. The third-order valence-corrected chi connectivity index (χ3v) is 2.58. The van der Waals surface area contributed by atoms with E-state index in [0.717, 1.165) is 11.1 Å². The van der Waals surface area contributed by atoms with Gasteiger partial charge in [-0.25, -0.2) is 0 Å². The first-order chi connectivity index (χ1) is 8.85. The van der Waals surface area contributed by atoms with Crippen LogP contribution in [0.2, 0.25) is 0 Å². The van der Waals surface area contributed by atoms with Crippen molar-refractivity contribution in [1.29, 1.82) is 5.26 Å². The topological polar surface area (TPSA) is 46.2 Å². The fourth-order valence-corrected chi connectivity index (χ4v) is 1.74. The predicted octanol–water partition coefficient (Wildman–Crippen LogP) is 4.10. The van der Waals surface area contributed by atoms with Gasteiger partial charge in [0.25, 0.3) is 5.95 Å². The highest BCUT2D eigenvalue weighted by Crippen LogP contribution is 2.29. The molecule has 1 heterocycles. The van der Waals surface area contributed by atoms with Crippen LogP contribution in [-0.2, 0) is 0 Å². The van der Waals surface area contributed by atoms with Crippen molar-refractivity contribution in [2.24, 2.45) is 0 Å². The zero-order chi connectivity index (χ0) is 12.4. The van der Waals surface area contributed by atoms with E-state index in [1.807, 2.05) is 30.3 Å². The van der Waals surface area contributed by atoms with Gasteiger partial charge in [-0.3, -0.25) is 0 Å². The molecule has 3 nitrogen and oxygen atoms in total. The molecular weight excluding hydrogens is 226 g/mol. The van der Waals surface area contributed by atoms with Crippen LogP contribution in [0.5, 0.6) is 11.7 Å². The zero-order valence-electron chi connectivity index (χ0n) is 9.46. The molecule has 1 aromatic heterocycles. The predicted molar refractivity (Wildman–Crippen MR) is 67.4 cm³/mol. The van der Waals surface area contributed by atoms with Crippen LogP contribution in [0.15, 0.2) is 59.0 Å². The Labute approximate surface area is 104 Å². The van der Waals surface area contributed by atoms with E-state index >= 15 is 0 Å². The van der Waals surface area contributed by atoms with Crippen LogP contribution in [-0.4, -0.2) is 0 Å². The molecule has 0 fully saturated rings. The molecule has 3 heteroatoms. The quantitative estimate of drug-likeness (QED) is 0.671. The van der Waals surface area contributed by atoms with Crippen molar-refractivity contribution in [3.05, 3.63) is 60.2 Å². The average molecular weight is 235 g/mol. The van der Waals surface area contributed by atoms with Gasteiger partial charge < -0.3 is 9.15 Å². The van der Waals surface area contributed by atoms with E-state index < -0.39 is 0 Å². The summed E-state index contributed by atoms with van der Waals surface area (Å²) in [4.78, 5) is 0. The molecule has 0 aliphatic carbocycles. The molecule has 0 aliphatic rings. The minimum Gasteiger partial charge on any atom is -0.426 e. The molecule has 0 saturated heterocycles. The average Bonchev–Trinajstić information content (AvgIpc) is 2.80. The van der Waals surface area contributed by atoms with E-state index in [4.69, 9.17) is 14.4 Å². The van der Waals surface area contributed by atoms with Gasteiger partial charge in [-0.2, -0.15) is 5.26 Å². The van der Waals surface area contributed by atoms with Crippen molar-refractivity contribution in [1.82, 2.24) is 0 Å². The molecule has 86 valence electrons. The Balaban J connectivity index is 1.97. The van der Waals surface area contributed by atoms with E-state index in [-0.39, 0.29) is 0 Å². The minimum atomic E-state index is 0.422. The molecule has 3 aromatic rings. The SMILES string of the molecule is N#Cc1ccc2oc(Oc3ccccc3)cc2c1. The van der Waals surface area contributed by atoms with Crippen molar-refractivity contribution < 1.29 is 9.15 Å². The van der Waals surface area contributed by atoms with Gasteiger partial charge in [-0.05, 0) is 30.3 Å². The second kappa shape index (κ2) is 4.27. The summed E-state index contributed by atoms with van der Waals surface area (Å²) in [5.74, 6) is 1.14. The van der Waals surface area contributed by atoms with Crippen molar-refractivity contribution >= 4 is 11.0 Å². The molecule has 0 unspecified atom stereocenters. The number of hydrogen-bond acceptors (Lipinski definition) is 3. The number of fused-ring (bicyclic) bond motifs is 1. The summed E-state index contributed by atoms with van der Waals surface area (Å²) < 4.78 is 11.1. The van der Waals surface area contributed by atoms with Crippen LogP contribution in [0.3, 0.4) is 0 Å². The van der Waals surface area contributed by atoms with E-state index in [0.29, 0.717) is 17.1 Å². The Hall–Kier alpha value is -2.73. The summed E-state index contributed by atoms with van der Waals surface area (Å²) in [6, 6.07) is 18.6. The standard InChI is InChI=1S/C15H9NO2/c16-10-11-6-7-14-12(8-11)9-15(18-14)17-13-4-2-1-3-5-13/h1-9H. The molecule has 3 rings (SSSR count). The number of ether oxygens (including phenoxy) is 1. The second-order valence-electron chi connectivity index (χ2n) is 3.84. The summed E-state index contributed by atoms with van der Waals surface area (Å²) in [5, 5.41) is 9.69. The van der Waals surface area contributed by atoms with Gasteiger partial charge in [0.2, 0.25) is 0 Å². The summed E-state index contributed by atoms with van der Waals surface area (Å²) in [5.41, 5.74) is 1.31. The molecule has 0 N–H and O–H groups in total. The number of nitriles is 1. The van der Waals surface area contributed by atoms with Gasteiger partial charge in [0.1, 0.15) is 11.3 Å². The lowest BCUT2D eigenvalue weighted by Gasteiger charge is -1.99. The number of para-hydroxylation sites is 1. The van der Waals surface area contributed by atoms with E-state index in [1.165, 1.54) is 0 Å². The Morgan fingerprint density at radius 1 is 1.00 bits per heavy atom. The fraction of sp³-hybridized carbons (Fsp3) is 0. The molecule has 0 aliphatic heterocycles. The summed E-state index contributed by atoms with van der Waals surface area (Å²) in [7, 11) is 0. The van der Waals surface area contributed by atoms with Crippen molar-refractivity contribution in [2.75, 3.05) is 0 Å². The Morgan fingerprint density at radius 2 is 1.83 bits per heavy atom. The van der Waals surface area contributed by atoms with Crippen molar-refractivity contribution in [2.45, 2.75) is 0 Å². The zero-order valence-corrected chi connectivity index (χ0v) is 9.46. The number of hydrogen-bond donors (Lipinski definition) is 0. The van der Waals surface area contributed by atoms with Crippen LogP contribution in [0.25, 0.3) is 11.0 Å². The van der Waals surface area contributed by atoms with Crippen LogP contribution in [0.1, 0.15) is 5.56 Å². The number of benzene rings is 2. The molecule has 0 atom stereocenters. The molecule has 0 bridgehead atoms. The van der Waals surface area contributed by atoms with E-state index in [2.05, 4.69) is 6.07 Å². The first-order valence-electron chi connectivity index (χ1n) is 5.52. The first kappa shape index (κ1) is 10.4. The van der Waals surface area contributed by atoms with Crippen LogP contribution in [0.4, 0.5) is 0 Å². The van der Waals surface area contributed by atoms with Gasteiger partial charge >= 0.3 is 0 Å². The number of nitrogens with zero attached hydrogens (tertiary/aromatic N) is 1. The largest absolute Gasteiger partial charge is 0.426 e. The maximum atomic E-state index is 8.83. The Kier molecular flexibility index (Phi) is 2.47. The highest BCUT2D eigenvalue weighted by atomic mass is 16.6. The first-order valence-corrected chi connectivity index (χ1v) is 5.52. The Bertz CT molecular complexity index is 723. The van der Waals surface area contributed by atoms with Crippen molar-refractivity contribution in [3.63, 3.8) is 0 Å². The second-order valence-corrected chi connectivity index (χ2v) is 3.84. The Morgan fingerprint density at radius 3 is 2.61 bits per heavy atom. The van der Waals surface area contributed by atoms with Gasteiger partial charge in [-0.15, -0.1) is 0 Å². The highest BCUT2D eigenvalue weighted by Gasteiger charge is 2.06. The van der Waals surface area contributed by atoms with Crippen LogP contribution < -0.4 is 4.74 Å².